The summed E-state index contributed by atoms with van der Waals surface area (Å²) in [6, 6.07) is 16.5. The Morgan fingerprint density at radius 3 is 2.55 bits per heavy atom. The Balaban J connectivity index is 1.56. The molecule has 0 bridgehead atoms. The molecule has 2 heterocycles. The number of nitrogens with two attached hydrogens (primary N) is 1. The van der Waals surface area contributed by atoms with Crippen LogP contribution >= 0.6 is 11.8 Å². The summed E-state index contributed by atoms with van der Waals surface area (Å²) >= 11 is 1.66. The molecule has 33 heavy (non-hydrogen) atoms. The highest BCUT2D eigenvalue weighted by atomic mass is 32.2. The Labute approximate surface area is 201 Å². The van der Waals surface area contributed by atoms with Crippen LogP contribution in [0.4, 0.5) is 0 Å². The van der Waals surface area contributed by atoms with E-state index >= 15 is 0 Å². The largest absolute Gasteiger partial charge is 0.487 e. The number of nitriles is 1. The van der Waals surface area contributed by atoms with Crippen LogP contribution in [-0.2, 0) is 5.54 Å². The summed E-state index contributed by atoms with van der Waals surface area (Å²) in [6.45, 7) is 7.08. The molecule has 1 saturated carbocycles. The molecular formula is C28H33N3OS. The van der Waals surface area contributed by atoms with Gasteiger partial charge in [0.15, 0.2) is 5.17 Å². The van der Waals surface area contributed by atoms with Crippen LogP contribution in [0.25, 0.3) is 11.1 Å². The van der Waals surface area contributed by atoms with Crippen molar-refractivity contribution < 1.29 is 4.74 Å². The van der Waals surface area contributed by atoms with Gasteiger partial charge in [-0.15, -0.1) is 0 Å². The van der Waals surface area contributed by atoms with E-state index in [1.165, 1.54) is 12.8 Å². The number of hydrogen-bond acceptors (Lipinski definition) is 5. The molecule has 2 aliphatic heterocycles. The maximum absolute atomic E-state index is 9.33. The molecule has 2 aromatic carbocycles. The summed E-state index contributed by atoms with van der Waals surface area (Å²) in [4.78, 5) is 5.13. The zero-order chi connectivity index (χ0) is 23.3. The Morgan fingerprint density at radius 1 is 1.09 bits per heavy atom. The van der Waals surface area contributed by atoms with E-state index in [0.29, 0.717) is 16.1 Å². The van der Waals surface area contributed by atoms with Crippen LogP contribution in [0.1, 0.15) is 70.4 Å². The molecule has 172 valence electrons. The molecule has 3 aliphatic rings. The van der Waals surface area contributed by atoms with Crippen LogP contribution in [0.3, 0.4) is 0 Å². The third-order valence-electron chi connectivity index (χ3n) is 7.96. The average molecular weight is 460 g/mol. The SMILES string of the molecule is CC(C)(C)C1CCC2(CC1)C[C@@]1(CCSC(N)=N1)c1cc(-c3cccc(C#N)c3)ccc1O2. The third kappa shape index (κ3) is 4.15. The van der Waals surface area contributed by atoms with Gasteiger partial charge < -0.3 is 10.5 Å². The zero-order valence-corrected chi connectivity index (χ0v) is 20.7. The zero-order valence-electron chi connectivity index (χ0n) is 19.9. The van der Waals surface area contributed by atoms with Crippen molar-refractivity contribution in [2.24, 2.45) is 22.1 Å². The van der Waals surface area contributed by atoms with Crippen LogP contribution in [-0.4, -0.2) is 16.5 Å². The second kappa shape index (κ2) is 8.09. The van der Waals surface area contributed by atoms with Crippen LogP contribution in [0.5, 0.6) is 5.75 Å². The summed E-state index contributed by atoms with van der Waals surface area (Å²) in [7, 11) is 0. The molecule has 0 amide bonds. The summed E-state index contributed by atoms with van der Waals surface area (Å²) in [5.74, 6) is 2.66. The number of aliphatic imine (C=N–C) groups is 1. The van der Waals surface area contributed by atoms with Gasteiger partial charge in [0.25, 0.3) is 0 Å². The van der Waals surface area contributed by atoms with Crippen molar-refractivity contribution in [2.45, 2.75) is 70.4 Å². The Bertz CT molecular complexity index is 1130. The maximum atomic E-state index is 9.33. The van der Waals surface area contributed by atoms with E-state index in [0.717, 1.165) is 59.8 Å². The Morgan fingerprint density at radius 2 is 1.85 bits per heavy atom. The number of thioether (sulfide) groups is 1. The lowest BCUT2D eigenvalue weighted by molar-refractivity contribution is -0.0414. The number of hydrogen-bond donors (Lipinski definition) is 1. The Hall–Kier alpha value is -2.45. The highest BCUT2D eigenvalue weighted by Crippen LogP contribution is 2.56. The molecule has 2 N–H and O–H groups in total. The predicted molar refractivity (Wildman–Crippen MR) is 136 cm³/mol. The topological polar surface area (TPSA) is 71.4 Å². The predicted octanol–water partition coefficient (Wildman–Crippen LogP) is 6.63. The first-order valence-corrected chi connectivity index (χ1v) is 13.0. The molecule has 1 fully saturated rings. The van der Waals surface area contributed by atoms with Crippen molar-refractivity contribution in [3.05, 3.63) is 53.6 Å². The van der Waals surface area contributed by atoms with Gasteiger partial charge in [0, 0.05) is 17.7 Å². The van der Waals surface area contributed by atoms with E-state index in [1.54, 1.807) is 11.8 Å². The standard InChI is InChI=1S/C28H33N3OS/c1-26(2,3)22-9-11-27(12-10-22)18-28(13-14-33-25(30)31-28)23-16-21(7-8-24(23)32-27)20-6-4-5-19(15-20)17-29/h4-8,15-16,22H,9-14,18H2,1-3H3,(H2,30,31)/t22?,27?,28-/m0/s1. The second-order valence-corrected chi connectivity index (χ2v) is 12.2. The summed E-state index contributed by atoms with van der Waals surface area (Å²) in [6.07, 6.45) is 6.41. The second-order valence-electron chi connectivity index (χ2n) is 11.1. The first-order valence-electron chi connectivity index (χ1n) is 12.0. The number of rotatable bonds is 1. The summed E-state index contributed by atoms with van der Waals surface area (Å²) < 4.78 is 6.85. The van der Waals surface area contributed by atoms with Crippen LogP contribution < -0.4 is 10.5 Å². The molecule has 5 rings (SSSR count). The molecule has 0 aromatic heterocycles. The molecule has 0 saturated heterocycles. The molecule has 1 atom stereocenters. The van der Waals surface area contributed by atoms with Crippen molar-refractivity contribution in [1.82, 2.24) is 0 Å². The maximum Gasteiger partial charge on any atom is 0.154 e. The lowest BCUT2D eigenvalue weighted by Crippen LogP contribution is -2.51. The fourth-order valence-corrected chi connectivity index (χ4v) is 6.95. The van der Waals surface area contributed by atoms with E-state index in [-0.39, 0.29) is 11.1 Å². The molecule has 2 spiro atoms. The number of ether oxygens (including phenoxy) is 1. The van der Waals surface area contributed by atoms with Gasteiger partial charge in [0.1, 0.15) is 11.4 Å². The number of nitrogens with zero attached hydrogens (tertiary/aromatic N) is 2. The monoisotopic (exact) mass is 459 g/mol. The summed E-state index contributed by atoms with van der Waals surface area (Å²) in [5, 5.41) is 10.0. The van der Waals surface area contributed by atoms with Crippen molar-refractivity contribution in [3.63, 3.8) is 0 Å². The highest BCUT2D eigenvalue weighted by Gasteiger charge is 2.52. The normalized spacial score (nSPS) is 29.2. The molecule has 1 aliphatic carbocycles. The van der Waals surface area contributed by atoms with Crippen LogP contribution in [0, 0.1) is 22.7 Å². The van der Waals surface area contributed by atoms with Gasteiger partial charge in [-0.2, -0.15) is 5.26 Å². The molecule has 0 radical (unpaired) electrons. The van der Waals surface area contributed by atoms with Crippen molar-refractivity contribution >= 4 is 16.9 Å². The van der Waals surface area contributed by atoms with Gasteiger partial charge >= 0.3 is 0 Å². The molecular weight excluding hydrogens is 426 g/mol. The smallest absolute Gasteiger partial charge is 0.154 e. The van der Waals surface area contributed by atoms with Gasteiger partial charge in [0.05, 0.1) is 17.2 Å². The minimum absolute atomic E-state index is 0.164. The van der Waals surface area contributed by atoms with Crippen molar-refractivity contribution in [3.8, 4) is 22.9 Å². The number of amidine groups is 1. The first-order chi connectivity index (χ1) is 15.7. The number of fused-ring (bicyclic) bond motifs is 2. The fraction of sp³-hybridized carbons (Fsp3) is 0.500. The third-order valence-corrected chi connectivity index (χ3v) is 8.75. The highest BCUT2D eigenvalue weighted by molar-refractivity contribution is 8.13. The lowest BCUT2D eigenvalue weighted by Gasteiger charge is -2.52. The van der Waals surface area contributed by atoms with Gasteiger partial charge in [0.2, 0.25) is 0 Å². The minimum atomic E-state index is -0.333. The lowest BCUT2D eigenvalue weighted by atomic mass is 9.64. The molecule has 2 aromatic rings. The minimum Gasteiger partial charge on any atom is -0.487 e. The van der Waals surface area contributed by atoms with Gasteiger partial charge in [-0.3, -0.25) is 4.99 Å². The average Bonchev–Trinajstić information content (AvgIpc) is 2.78. The van der Waals surface area contributed by atoms with E-state index in [4.69, 9.17) is 15.5 Å². The van der Waals surface area contributed by atoms with Gasteiger partial charge in [-0.05, 0) is 78.8 Å². The Kier molecular flexibility index (Phi) is 5.48. The van der Waals surface area contributed by atoms with Gasteiger partial charge in [-0.1, -0.05) is 50.7 Å². The fourth-order valence-electron chi connectivity index (χ4n) is 6.06. The van der Waals surface area contributed by atoms with Crippen molar-refractivity contribution in [1.29, 1.82) is 5.26 Å². The molecule has 0 unspecified atom stereocenters. The first kappa shape index (κ1) is 22.3. The van der Waals surface area contributed by atoms with E-state index < -0.39 is 0 Å². The van der Waals surface area contributed by atoms with E-state index in [1.807, 2.05) is 18.2 Å². The van der Waals surface area contributed by atoms with Gasteiger partial charge in [-0.25, -0.2) is 0 Å². The van der Waals surface area contributed by atoms with E-state index in [2.05, 4.69) is 51.1 Å². The van der Waals surface area contributed by atoms with E-state index in [9.17, 15) is 5.26 Å². The number of benzene rings is 2. The van der Waals surface area contributed by atoms with Crippen LogP contribution in [0.2, 0.25) is 0 Å². The van der Waals surface area contributed by atoms with Crippen LogP contribution in [0.15, 0.2) is 47.5 Å². The quantitative estimate of drug-likeness (QED) is 0.519. The summed E-state index contributed by atoms with van der Waals surface area (Å²) in [5.41, 5.74) is 10.1. The molecule has 5 heteroatoms. The van der Waals surface area contributed by atoms with Crippen molar-refractivity contribution in [2.75, 3.05) is 5.75 Å². The molecule has 4 nitrogen and oxygen atoms in total.